The Morgan fingerprint density at radius 2 is 1.88 bits per heavy atom. The van der Waals surface area contributed by atoms with E-state index < -0.39 is 11.7 Å². The summed E-state index contributed by atoms with van der Waals surface area (Å²) in [4.78, 5) is 31.3. The van der Waals surface area contributed by atoms with E-state index in [2.05, 4.69) is 10.3 Å². The molecule has 0 unspecified atom stereocenters. The number of thioether (sulfide) groups is 1. The average Bonchev–Trinajstić information content (AvgIpc) is 3.23. The zero-order chi connectivity index (χ0) is 23.3. The lowest BCUT2D eigenvalue weighted by atomic mass is 10.0. The van der Waals surface area contributed by atoms with Crippen molar-refractivity contribution in [2.24, 2.45) is 5.92 Å². The molecular weight excluding hydrogens is 442 g/mol. The molecule has 2 saturated heterocycles. The second kappa shape index (κ2) is 10.7. The number of ether oxygens (including phenoxy) is 2. The summed E-state index contributed by atoms with van der Waals surface area (Å²) in [6.07, 6.45) is 1.55. The highest BCUT2D eigenvalue weighted by atomic mass is 32.2. The van der Waals surface area contributed by atoms with Crippen LogP contribution in [-0.2, 0) is 25.5 Å². The molecule has 2 amide bonds. The van der Waals surface area contributed by atoms with Gasteiger partial charge in [0.1, 0.15) is 5.76 Å². The van der Waals surface area contributed by atoms with Crippen LogP contribution in [0.15, 0.2) is 34.7 Å². The summed E-state index contributed by atoms with van der Waals surface area (Å²) in [5.41, 5.74) is 1.88. The van der Waals surface area contributed by atoms with Crippen molar-refractivity contribution in [3.8, 4) is 11.5 Å². The molecule has 2 aliphatic rings. The van der Waals surface area contributed by atoms with E-state index in [4.69, 9.17) is 13.9 Å². The van der Waals surface area contributed by atoms with Crippen LogP contribution in [0, 0.1) is 12.8 Å². The van der Waals surface area contributed by atoms with Gasteiger partial charge in [0.05, 0.1) is 25.5 Å². The smallest absolute Gasteiger partial charge is 0.280 e. The first kappa shape index (κ1) is 23.8. The van der Waals surface area contributed by atoms with E-state index in [-0.39, 0.29) is 18.4 Å². The predicted octanol–water partition coefficient (Wildman–Crippen LogP) is 2.65. The summed E-state index contributed by atoms with van der Waals surface area (Å²) >= 11 is 1.84. The highest BCUT2D eigenvalue weighted by Gasteiger charge is 2.40. The van der Waals surface area contributed by atoms with Gasteiger partial charge in [-0.25, -0.2) is 4.98 Å². The Morgan fingerprint density at radius 3 is 2.58 bits per heavy atom. The van der Waals surface area contributed by atoms with Gasteiger partial charge in [0.25, 0.3) is 5.91 Å². The number of carbonyl (C=O) groups excluding carboxylic acids is 2. The Hall–Kier alpha value is -2.36. The molecule has 8 nitrogen and oxygen atoms in total. The van der Waals surface area contributed by atoms with Crippen LogP contribution in [0.3, 0.4) is 0 Å². The molecule has 9 heteroatoms. The molecule has 4 rings (SSSR count). The van der Waals surface area contributed by atoms with Gasteiger partial charge in [-0.2, -0.15) is 11.8 Å². The number of aromatic nitrogens is 1. The van der Waals surface area contributed by atoms with Crippen LogP contribution < -0.4 is 5.32 Å². The quantitative estimate of drug-likeness (QED) is 0.661. The molecule has 3 heterocycles. The molecule has 178 valence electrons. The summed E-state index contributed by atoms with van der Waals surface area (Å²) in [5.74, 6) is 1.60. The maximum absolute atomic E-state index is 12.6. The average molecular weight is 474 g/mol. The molecular formula is C24H31N3O5S. The van der Waals surface area contributed by atoms with Crippen LogP contribution >= 0.6 is 11.8 Å². The Labute approximate surface area is 198 Å². The summed E-state index contributed by atoms with van der Waals surface area (Å²) < 4.78 is 17.4. The van der Waals surface area contributed by atoms with Gasteiger partial charge in [0.2, 0.25) is 17.6 Å². The summed E-state index contributed by atoms with van der Waals surface area (Å²) in [6.45, 7) is 5.76. The fraction of sp³-hybridized carbons (Fsp3) is 0.542. The minimum Gasteiger partial charge on any atom is -0.441 e. The number of hydrogen-bond donors (Lipinski definition) is 1. The Morgan fingerprint density at radius 1 is 1.18 bits per heavy atom. The molecule has 2 aliphatic heterocycles. The van der Waals surface area contributed by atoms with E-state index in [1.54, 1.807) is 11.8 Å². The van der Waals surface area contributed by atoms with Gasteiger partial charge in [0.15, 0.2) is 0 Å². The van der Waals surface area contributed by atoms with Crippen molar-refractivity contribution in [3.05, 3.63) is 41.8 Å². The maximum atomic E-state index is 12.6. The van der Waals surface area contributed by atoms with Crippen LogP contribution in [0.1, 0.15) is 24.8 Å². The second-order valence-corrected chi connectivity index (χ2v) is 9.76. The third kappa shape index (κ3) is 5.96. The number of benzene rings is 1. The highest BCUT2D eigenvalue weighted by molar-refractivity contribution is 7.99. The molecule has 0 bridgehead atoms. The molecule has 2 aromatic rings. The Balaban J connectivity index is 1.22. The maximum Gasteiger partial charge on any atom is 0.280 e. The second-order valence-electron chi connectivity index (χ2n) is 8.54. The lowest BCUT2D eigenvalue weighted by Gasteiger charge is -2.36. The summed E-state index contributed by atoms with van der Waals surface area (Å²) in [6, 6.07) is 9.83. The van der Waals surface area contributed by atoms with Crippen LogP contribution in [-0.4, -0.2) is 71.8 Å². The highest BCUT2D eigenvalue weighted by Crippen LogP contribution is 2.26. The van der Waals surface area contributed by atoms with Crippen molar-refractivity contribution >= 4 is 23.6 Å². The number of hydrogen-bond acceptors (Lipinski definition) is 7. The van der Waals surface area contributed by atoms with Gasteiger partial charge in [-0.1, -0.05) is 18.2 Å². The third-order valence-electron chi connectivity index (χ3n) is 6.07. The van der Waals surface area contributed by atoms with Gasteiger partial charge in [-0.15, -0.1) is 0 Å². The molecule has 0 saturated carbocycles. The molecule has 2 fully saturated rings. The first-order valence-corrected chi connectivity index (χ1v) is 12.5. The number of nitrogens with zero attached hydrogens (tertiary/aromatic N) is 2. The van der Waals surface area contributed by atoms with Gasteiger partial charge in [0, 0.05) is 36.1 Å². The van der Waals surface area contributed by atoms with Crippen molar-refractivity contribution in [1.82, 2.24) is 15.2 Å². The zero-order valence-electron chi connectivity index (χ0n) is 19.2. The van der Waals surface area contributed by atoms with Gasteiger partial charge in [-0.3, -0.25) is 9.59 Å². The van der Waals surface area contributed by atoms with Gasteiger partial charge >= 0.3 is 0 Å². The van der Waals surface area contributed by atoms with E-state index in [9.17, 15) is 9.59 Å². The number of amides is 2. The molecule has 0 aliphatic carbocycles. The van der Waals surface area contributed by atoms with Crippen LogP contribution in [0.5, 0.6) is 0 Å². The molecule has 33 heavy (non-hydrogen) atoms. The number of aryl methyl sites for hydroxylation is 2. The Bertz CT molecular complexity index is 950. The normalized spacial score (nSPS) is 23.3. The Kier molecular flexibility index (Phi) is 7.72. The minimum absolute atomic E-state index is 0.0373. The third-order valence-corrected chi connectivity index (χ3v) is 7.01. The molecule has 0 radical (unpaired) electrons. The van der Waals surface area contributed by atoms with Gasteiger partial charge < -0.3 is 24.1 Å². The number of nitrogens with one attached hydrogen (secondary N) is 1. The molecule has 0 atom stereocenters. The summed E-state index contributed by atoms with van der Waals surface area (Å²) in [5, 5.41) is 2.68. The van der Waals surface area contributed by atoms with Crippen molar-refractivity contribution in [2.45, 2.75) is 32.5 Å². The standard InChI is InChI=1S/C24H31N3O5S/c1-17-20(26-22(32-17)19-6-4-3-5-7-19)9-8-18-15-30-24(2,31-16-18)23(29)25-14-21(28)27-10-12-33-13-11-27/h3-7,18H,8-16H2,1-2H3,(H,25,29). The summed E-state index contributed by atoms with van der Waals surface area (Å²) in [7, 11) is 0. The van der Waals surface area contributed by atoms with Gasteiger partial charge in [-0.05, 0) is 38.8 Å². The fourth-order valence-corrected chi connectivity index (χ4v) is 4.79. The van der Waals surface area contributed by atoms with Crippen molar-refractivity contribution in [3.63, 3.8) is 0 Å². The first-order valence-electron chi connectivity index (χ1n) is 11.4. The largest absolute Gasteiger partial charge is 0.441 e. The SMILES string of the molecule is Cc1oc(-c2ccccc2)nc1CCC1COC(C)(C(=O)NCC(=O)N2CCSCC2)OC1. The molecule has 1 N–H and O–H groups in total. The van der Waals surface area contributed by atoms with Crippen LogP contribution in [0.2, 0.25) is 0 Å². The molecule has 0 spiro atoms. The van der Waals surface area contributed by atoms with Crippen molar-refractivity contribution < 1.29 is 23.5 Å². The van der Waals surface area contributed by atoms with E-state index in [1.165, 1.54) is 0 Å². The van der Waals surface area contributed by atoms with E-state index >= 15 is 0 Å². The van der Waals surface area contributed by atoms with Crippen molar-refractivity contribution in [1.29, 1.82) is 0 Å². The fourth-order valence-electron chi connectivity index (χ4n) is 3.89. The zero-order valence-corrected chi connectivity index (χ0v) is 20.0. The van der Waals surface area contributed by atoms with E-state index in [0.717, 1.165) is 54.5 Å². The van der Waals surface area contributed by atoms with E-state index in [1.807, 2.05) is 49.0 Å². The lowest BCUT2D eigenvalue weighted by molar-refractivity contribution is -0.260. The van der Waals surface area contributed by atoms with Crippen molar-refractivity contribution in [2.75, 3.05) is 44.4 Å². The minimum atomic E-state index is -1.38. The number of rotatable bonds is 7. The number of carbonyl (C=O) groups is 2. The first-order chi connectivity index (χ1) is 15.9. The van der Waals surface area contributed by atoms with Crippen LogP contribution in [0.25, 0.3) is 11.5 Å². The predicted molar refractivity (Wildman–Crippen MR) is 126 cm³/mol. The molecule has 1 aromatic heterocycles. The lowest BCUT2D eigenvalue weighted by Crippen LogP contribution is -2.55. The van der Waals surface area contributed by atoms with E-state index in [0.29, 0.717) is 19.1 Å². The number of oxazole rings is 1. The van der Waals surface area contributed by atoms with Crippen LogP contribution in [0.4, 0.5) is 0 Å². The monoisotopic (exact) mass is 473 g/mol. The molecule has 1 aromatic carbocycles. The topological polar surface area (TPSA) is 93.9 Å².